The first-order valence-electron chi connectivity index (χ1n) is 9.02. The Morgan fingerprint density at radius 3 is 1.60 bits per heavy atom. The average Bonchev–Trinajstić information content (AvgIpc) is 2.52. The van der Waals surface area contributed by atoms with Crippen molar-refractivity contribution in [1.29, 1.82) is 0 Å². The smallest absolute Gasteiger partial charge is 0.421 e. The Morgan fingerprint density at radius 1 is 0.900 bits per heavy atom. The number of quaternary nitrogens is 1. The monoisotopic (exact) mass is 492 g/mol. The number of likely N-dealkylation sites (tertiary alicyclic amines) is 1. The van der Waals surface area contributed by atoms with Crippen LogP contribution in [0, 0.1) is 5.92 Å². The van der Waals surface area contributed by atoms with Gasteiger partial charge in [-0.2, -0.15) is 26.3 Å². The van der Waals surface area contributed by atoms with E-state index in [1.807, 2.05) is 0 Å². The maximum atomic E-state index is 11.9. The number of sulfonamides is 2. The lowest BCUT2D eigenvalue weighted by Gasteiger charge is -2.40. The number of carbonyl (C=O) groups is 1. The van der Waals surface area contributed by atoms with Gasteiger partial charge in [0.1, 0.15) is 6.54 Å². The van der Waals surface area contributed by atoms with Crippen LogP contribution in [-0.2, 0) is 24.8 Å². The largest absolute Gasteiger partial charge is 0.480 e. The minimum absolute atomic E-state index is 0.466. The van der Waals surface area contributed by atoms with Gasteiger partial charge in [-0.15, -0.1) is 0 Å². The molecule has 0 unspecified atom stereocenters. The molecule has 30 heavy (non-hydrogen) atoms. The van der Waals surface area contributed by atoms with E-state index < -0.39 is 31.1 Å². The molecule has 1 aliphatic rings. The van der Waals surface area contributed by atoms with E-state index in [2.05, 4.69) is 20.8 Å². The molecule has 0 aliphatic carbocycles. The van der Waals surface area contributed by atoms with E-state index in [9.17, 15) is 48.0 Å². The Balaban J connectivity index is 0.000000561. The van der Waals surface area contributed by atoms with E-state index >= 15 is 0 Å². The summed E-state index contributed by atoms with van der Waals surface area (Å²) in [5.74, 6) is 0.980. The second-order valence-corrected chi connectivity index (χ2v) is 10.8. The highest BCUT2D eigenvalue weighted by Crippen LogP contribution is 2.36. The lowest BCUT2D eigenvalue weighted by molar-refractivity contribution is -0.923. The minimum Gasteiger partial charge on any atom is -0.421 e. The number of hydrogen-bond donors (Lipinski definition) is 0. The number of piperidine rings is 1. The van der Waals surface area contributed by atoms with Gasteiger partial charge in [-0.1, -0.05) is 13.8 Å². The summed E-state index contributed by atoms with van der Waals surface area (Å²) in [5, 5.41) is 0. The molecule has 7 nitrogen and oxygen atoms in total. The highest BCUT2D eigenvalue weighted by atomic mass is 32.3. The molecule has 0 saturated carbocycles. The van der Waals surface area contributed by atoms with Crippen LogP contribution >= 0.6 is 0 Å². The number of carbonyl (C=O) groups excluding carboxylic acids is 1. The number of rotatable bonds is 7. The number of ketones is 1. The average molecular weight is 493 g/mol. The second-order valence-electron chi connectivity index (χ2n) is 7.38. The number of alkyl halides is 6. The van der Waals surface area contributed by atoms with Crippen molar-refractivity contribution in [2.75, 3.05) is 26.2 Å². The zero-order valence-corrected chi connectivity index (χ0v) is 18.4. The summed E-state index contributed by atoms with van der Waals surface area (Å²) in [6.07, 6.45) is 4.74. The Morgan fingerprint density at radius 2 is 1.30 bits per heavy atom. The molecule has 1 saturated heterocycles. The molecule has 0 aromatic rings. The summed E-state index contributed by atoms with van der Waals surface area (Å²) < 4.78 is 110. The Bertz CT molecular complexity index is 728. The molecular weight excluding hydrogens is 466 g/mol. The SMILES string of the molecule is CC[N+]1(CC(=O)CC(C)C)CCCCC1.O=S(=O)([N-]S(=O)(=O)C(F)(F)F)C(F)(F)F. The van der Waals surface area contributed by atoms with E-state index in [1.54, 1.807) is 0 Å². The predicted octanol–water partition coefficient (Wildman–Crippen LogP) is 3.68. The van der Waals surface area contributed by atoms with Crippen molar-refractivity contribution in [3.8, 4) is 0 Å². The van der Waals surface area contributed by atoms with E-state index in [1.165, 1.54) is 32.4 Å². The summed E-state index contributed by atoms with van der Waals surface area (Å²) in [7, 11) is -13.4. The zero-order chi connectivity index (χ0) is 24.0. The molecule has 1 fully saturated rings. The Labute approximate surface area is 172 Å². The van der Waals surface area contributed by atoms with Gasteiger partial charge < -0.3 is 8.61 Å². The summed E-state index contributed by atoms with van der Waals surface area (Å²) >= 11 is 0. The molecule has 0 aromatic heterocycles. The third-order valence-corrected chi connectivity index (χ3v) is 7.10. The molecule has 0 aromatic carbocycles. The zero-order valence-electron chi connectivity index (χ0n) is 16.8. The first-order chi connectivity index (χ1) is 13.3. The molecule has 0 amide bonds. The molecule has 1 rings (SSSR count). The van der Waals surface area contributed by atoms with Crippen molar-refractivity contribution in [3.63, 3.8) is 0 Å². The summed E-state index contributed by atoms with van der Waals surface area (Å²) in [6, 6.07) is 0. The summed E-state index contributed by atoms with van der Waals surface area (Å²) in [5.41, 5.74) is -12.4. The highest BCUT2D eigenvalue weighted by Gasteiger charge is 2.46. The van der Waals surface area contributed by atoms with Crippen molar-refractivity contribution in [1.82, 2.24) is 0 Å². The predicted molar refractivity (Wildman–Crippen MR) is 97.0 cm³/mol. The van der Waals surface area contributed by atoms with Crippen molar-refractivity contribution >= 4 is 25.8 Å². The first-order valence-corrected chi connectivity index (χ1v) is 11.9. The van der Waals surface area contributed by atoms with Crippen molar-refractivity contribution in [2.45, 2.75) is 57.5 Å². The molecule has 0 atom stereocenters. The van der Waals surface area contributed by atoms with Gasteiger partial charge in [-0.25, -0.2) is 16.8 Å². The Kier molecular flexibility index (Phi) is 10.3. The van der Waals surface area contributed by atoms with Crippen molar-refractivity contribution in [3.05, 3.63) is 4.13 Å². The van der Waals surface area contributed by atoms with Gasteiger partial charge in [0, 0.05) is 6.42 Å². The summed E-state index contributed by atoms with van der Waals surface area (Å²) in [4.78, 5) is 11.9. The first kappa shape index (κ1) is 29.1. The standard InChI is InChI=1S/C13H26NO.C2F6NO4S2/c1-4-14(8-6-5-7-9-14)11-13(15)10-12(2)3;3-1(4,5)14(10,11)9-15(12,13)2(6,7)8/h12H,4-11H2,1-3H3;/q+1;-1. The maximum absolute atomic E-state index is 11.9. The molecule has 0 bridgehead atoms. The topological polar surface area (TPSA) is 99.4 Å². The van der Waals surface area contributed by atoms with Crippen LogP contribution < -0.4 is 0 Å². The number of nitrogens with zero attached hydrogens (tertiary/aromatic N) is 2. The second kappa shape index (κ2) is 10.6. The molecule has 0 radical (unpaired) electrons. The van der Waals surface area contributed by atoms with Gasteiger partial charge in [0.15, 0.2) is 25.8 Å². The molecule has 0 N–H and O–H groups in total. The summed E-state index contributed by atoms with van der Waals surface area (Å²) in [6.45, 7) is 10.8. The minimum atomic E-state index is -6.72. The highest BCUT2D eigenvalue weighted by molar-refractivity contribution is 8.13. The van der Waals surface area contributed by atoms with Crippen LogP contribution in [0.2, 0.25) is 0 Å². The normalized spacial score (nSPS) is 17.9. The lowest BCUT2D eigenvalue weighted by Crippen LogP contribution is -2.54. The van der Waals surface area contributed by atoms with E-state index in [-0.39, 0.29) is 0 Å². The van der Waals surface area contributed by atoms with Gasteiger partial charge in [-0.05, 0) is 32.1 Å². The van der Waals surface area contributed by atoms with Crippen LogP contribution in [-0.4, -0.2) is 64.3 Å². The maximum Gasteiger partial charge on any atom is 0.480 e. The van der Waals surface area contributed by atoms with Crippen LogP contribution in [0.5, 0.6) is 0 Å². The Hall–Kier alpha value is -0.930. The number of Topliss-reactive ketones (excluding diaryl/α,β-unsaturated/α-hetero) is 1. The number of likely N-dealkylation sites (N-methyl/N-ethyl adjacent to an activating group) is 1. The number of hydrogen-bond acceptors (Lipinski definition) is 5. The van der Waals surface area contributed by atoms with Gasteiger partial charge >= 0.3 is 11.0 Å². The van der Waals surface area contributed by atoms with Gasteiger partial charge in [0.2, 0.25) is 0 Å². The van der Waals surface area contributed by atoms with Crippen LogP contribution in [0.1, 0.15) is 46.5 Å². The van der Waals surface area contributed by atoms with Gasteiger partial charge in [0.05, 0.1) is 19.6 Å². The van der Waals surface area contributed by atoms with E-state index in [0.29, 0.717) is 11.7 Å². The third-order valence-electron chi connectivity index (χ3n) is 4.36. The molecule has 180 valence electrons. The fourth-order valence-electron chi connectivity index (χ4n) is 2.88. The van der Waals surface area contributed by atoms with E-state index in [0.717, 1.165) is 28.1 Å². The lowest BCUT2D eigenvalue weighted by atomic mass is 10.0. The quantitative estimate of drug-likeness (QED) is 0.399. The fraction of sp³-hybridized carbons (Fsp3) is 0.933. The molecule has 1 heterocycles. The van der Waals surface area contributed by atoms with Crippen LogP contribution in [0.3, 0.4) is 0 Å². The molecule has 0 spiro atoms. The molecule has 1 aliphatic heterocycles. The van der Waals surface area contributed by atoms with Gasteiger partial charge in [-0.3, -0.25) is 4.79 Å². The van der Waals surface area contributed by atoms with Crippen LogP contribution in [0.25, 0.3) is 4.13 Å². The van der Waals surface area contributed by atoms with Crippen molar-refractivity contribution in [2.24, 2.45) is 5.92 Å². The van der Waals surface area contributed by atoms with E-state index in [4.69, 9.17) is 0 Å². The van der Waals surface area contributed by atoms with Crippen LogP contribution in [0.15, 0.2) is 0 Å². The van der Waals surface area contributed by atoms with Crippen LogP contribution in [0.4, 0.5) is 26.3 Å². The fourth-order valence-corrected chi connectivity index (χ4v) is 4.59. The van der Waals surface area contributed by atoms with Crippen molar-refractivity contribution < 1.29 is 52.5 Å². The number of halogens is 6. The van der Waals surface area contributed by atoms with Gasteiger partial charge in [0.25, 0.3) is 0 Å². The third kappa shape index (κ3) is 9.06. The molecule has 15 heteroatoms. The molecular formula is C15H26F6N2O5S2.